The van der Waals surface area contributed by atoms with Crippen LogP contribution in [0.25, 0.3) is 0 Å². The first-order valence-corrected chi connectivity index (χ1v) is 7.47. The largest absolute Gasteiger partial charge is 0.392 e. The Balaban J connectivity index is 2.38. The van der Waals surface area contributed by atoms with Crippen LogP contribution >= 0.6 is 11.6 Å². The number of rotatable bonds is 4. The maximum absolute atomic E-state index is 13.3. The lowest BCUT2D eigenvalue weighted by Crippen LogP contribution is -2.13. The van der Waals surface area contributed by atoms with Gasteiger partial charge in [0, 0.05) is 5.56 Å². The number of sulfonamides is 1. The summed E-state index contributed by atoms with van der Waals surface area (Å²) in [6, 6.07) is 9.55. The summed E-state index contributed by atoms with van der Waals surface area (Å²) < 4.78 is 39.9. The van der Waals surface area contributed by atoms with Crippen molar-refractivity contribution in [2.24, 2.45) is 0 Å². The summed E-state index contributed by atoms with van der Waals surface area (Å²) in [5, 5.41) is 9.22. The van der Waals surface area contributed by atoms with Crippen molar-refractivity contribution in [3.63, 3.8) is 0 Å². The zero-order valence-corrected chi connectivity index (χ0v) is 11.7. The highest BCUT2D eigenvalue weighted by atomic mass is 35.5. The third-order valence-electron chi connectivity index (χ3n) is 2.62. The Morgan fingerprint density at radius 3 is 2.55 bits per heavy atom. The van der Waals surface area contributed by atoms with E-state index in [1.807, 2.05) is 0 Å². The van der Waals surface area contributed by atoms with Gasteiger partial charge in [-0.1, -0.05) is 23.7 Å². The predicted molar refractivity (Wildman–Crippen MR) is 74.6 cm³/mol. The molecule has 0 bridgehead atoms. The normalized spacial score (nSPS) is 11.3. The molecule has 0 aliphatic carbocycles. The molecule has 4 nitrogen and oxygen atoms in total. The molecule has 20 heavy (non-hydrogen) atoms. The van der Waals surface area contributed by atoms with Gasteiger partial charge in [0.25, 0.3) is 10.0 Å². The van der Waals surface area contributed by atoms with Crippen LogP contribution in [0.15, 0.2) is 47.4 Å². The maximum atomic E-state index is 13.3. The second kappa shape index (κ2) is 5.78. The lowest BCUT2D eigenvalue weighted by molar-refractivity contribution is 0.275. The molecule has 2 rings (SSSR count). The van der Waals surface area contributed by atoms with Crippen LogP contribution in [0.4, 0.5) is 10.1 Å². The van der Waals surface area contributed by atoms with Crippen molar-refractivity contribution in [1.82, 2.24) is 0 Å². The van der Waals surface area contributed by atoms with E-state index in [0.717, 1.165) is 18.2 Å². The van der Waals surface area contributed by atoms with Crippen LogP contribution in [0.5, 0.6) is 0 Å². The van der Waals surface area contributed by atoms with Crippen molar-refractivity contribution in [3.8, 4) is 0 Å². The van der Waals surface area contributed by atoms with E-state index in [9.17, 15) is 12.8 Å². The van der Waals surface area contributed by atoms with E-state index in [4.69, 9.17) is 16.7 Å². The van der Waals surface area contributed by atoms with E-state index >= 15 is 0 Å². The highest BCUT2D eigenvalue weighted by molar-refractivity contribution is 7.92. The van der Waals surface area contributed by atoms with E-state index < -0.39 is 22.4 Å². The number of benzene rings is 2. The van der Waals surface area contributed by atoms with E-state index in [0.29, 0.717) is 0 Å². The van der Waals surface area contributed by atoms with Crippen LogP contribution in [-0.2, 0) is 16.6 Å². The summed E-state index contributed by atoms with van der Waals surface area (Å²) in [5.41, 5.74) is 0.135. The monoisotopic (exact) mass is 315 g/mol. The Morgan fingerprint density at radius 1 is 1.20 bits per heavy atom. The molecule has 0 heterocycles. The van der Waals surface area contributed by atoms with Gasteiger partial charge in [-0.05, 0) is 30.3 Å². The summed E-state index contributed by atoms with van der Waals surface area (Å²) in [6.45, 7) is -0.582. The molecule has 7 heteroatoms. The van der Waals surface area contributed by atoms with Crippen molar-refractivity contribution in [2.75, 3.05) is 4.72 Å². The molecule has 2 N–H and O–H groups in total. The fourth-order valence-corrected chi connectivity index (χ4v) is 2.96. The summed E-state index contributed by atoms with van der Waals surface area (Å²) in [7, 11) is -3.90. The Kier molecular flexibility index (Phi) is 4.27. The van der Waals surface area contributed by atoms with Crippen molar-refractivity contribution in [3.05, 3.63) is 58.9 Å². The minimum absolute atomic E-state index is 0.0907. The van der Waals surface area contributed by atoms with E-state index in [1.54, 1.807) is 18.2 Å². The second-order valence-electron chi connectivity index (χ2n) is 4.00. The fourth-order valence-electron chi connectivity index (χ4n) is 1.59. The van der Waals surface area contributed by atoms with Gasteiger partial charge < -0.3 is 5.11 Å². The maximum Gasteiger partial charge on any atom is 0.261 e. The summed E-state index contributed by atoms with van der Waals surface area (Å²) >= 11 is 5.87. The van der Waals surface area contributed by atoms with Crippen molar-refractivity contribution >= 4 is 27.3 Å². The standard InChI is InChI=1S/C13H11ClFNO3S/c14-11-3-1-2-4-13(11)16-20(18,19)10-5-6-12(15)9(7-10)8-17/h1-7,16-17H,8H2. The van der Waals surface area contributed by atoms with Gasteiger partial charge in [-0.15, -0.1) is 0 Å². The lowest BCUT2D eigenvalue weighted by atomic mass is 10.2. The van der Waals surface area contributed by atoms with Gasteiger partial charge in [0.15, 0.2) is 0 Å². The number of nitrogens with one attached hydrogen (secondary N) is 1. The number of aliphatic hydroxyl groups excluding tert-OH is 1. The molecular weight excluding hydrogens is 305 g/mol. The SMILES string of the molecule is O=S(=O)(Nc1ccccc1Cl)c1ccc(F)c(CO)c1. The van der Waals surface area contributed by atoms with Crippen molar-refractivity contribution in [2.45, 2.75) is 11.5 Å². The van der Waals surface area contributed by atoms with Crippen LogP contribution < -0.4 is 4.72 Å². The zero-order chi connectivity index (χ0) is 14.8. The van der Waals surface area contributed by atoms with Crippen molar-refractivity contribution in [1.29, 1.82) is 0 Å². The van der Waals surface area contributed by atoms with Gasteiger partial charge >= 0.3 is 0 Å². The zero-order valence-electron chi connectivity index (χ0n) is 10.2. The molecule has 0 aliphatic rings. The molecule has 0 amide bonds. The predicted octanol–water partition coefficient (Wildman–Crippen LogP) is 2.77. The number of anilines is 1. The molecule has 0 radical (unpaired) electrons. The first-order valence-electron chi connectivity index (χ1n) is 5.60. The highest BCUT2D eigenvalue weighted by Crippen LogP contribution is 2.24. The molecule has 0 fully saturated rings. The number of halogens is 2. The van der Waals surface area contributed by atoms with Crippen LogP contribution in [0.1, 0.15) is 5.56 Å². The fraction of sp³-hybridized carbons (Fsp3) is 0.0769. The minimum Gasteiger partial charge on any atom is -0.392 e. The Bertz CT molecular complexity index is 734. The molecule has 2 aromatic rings. The molecule has 0 aromatic heterocycles. The first kappa shape index (κ1) is 14.8. The van der Waals surface area contributed by atoms with Crippen LogP contribution in [0.3, 0.4) is 0 Å². The summed E-state index contributed by atoms with van der Waals surface area (Å²) in [4.78, 5) is -0.150. The minimum atomic E-state index is -3.90. The van der Waals surface area contributed by atoms with Gasteiger partial charge in [0.05, 0.1) is 22.2 Å². The van der Waals surface area contributed by atoms with Crippen LogP contribution in [-0.4, -0.2) is 13.5 Å². The topological polar surface area (TPSA) is 66.4 Å². The van der Waals surface area contributed by atoms with Crippen LogP contribution in [0, 0.1) is 5.82 Å². The molecule has 2 aromatic carbocycles. The number of aliphatic hydroxyl groups is 1. The van der Waals surface area contributed by atoms with Gasteiger partial charge in [-0.2, -0.15) is 0 Å². The first-order chi connectivity index (χ1) is 9.44. The molecule has 0 atom stereocenters. The average Bonchev–Trinajstić information content (AvgIpc) is 2.41. The van der Waals surface area contributed by atoms with Crippen LogP contribution in [0.2, 0.25) is 5.02 Å². The third-order valence-corrected chi connectivity index (χ3v) is 4.31. The van der Waals surface area contributed by atoms with E-state index in [2.05, 4.69) is 4.72 Å². The van der Waals surface area contributed by atoms with Gasteiger partial charge in [0.1, 0.15) is 5.82 Å². The Morgan fingerprint density at radius 2 is 1.90 bits per heavy atom. The number of hydrogen-bond donors (Lipinski definition) is 2. The summed E-state index contributed by atoms with van der Waals surface area (Å²) in [5.74, 6) is -0.663. The average molecular weight is 316 g/mol. The number of para-hydroxylation sites is 1. The molecule has 106 valence electrons. The van der Waals surface area contributed by atoms with E-state index in [1.165, 1.54) is 6.07 Å². The third kappa shape index (κ3) is 3.09. The van der Waals surface area contributed by atoms with Gasteiger partial charge in [0.2, 0.25) is 0 Å². The molecule has 0 saturated carbocycles. The molecular formula is C13H11ClFNO3S. The Labute approximate surface area is 120 Å². The molecule has 0 unspecified atom stereocenters. The number of hydrogen-bond acceptors (Lipinski definition) is 3. The lowest BCUT2D eigenvalue weighted by Gasteiger charge is -2.10. The highest BCUT2D eigenvalue weighted by Gasteiger charge is 2.17. The molecule has 0 saturated heterocycles. The molecule has 0 spiro atoms. The quantitative estimate of drug-likeness (QED) is 0.911. The second-order valence-corrected chi connectivity index (χ2v) is 6.09. The van der Waals surface area contributed by atoms with E-state index in [-0.39, 0.29) is 21.2 Å². The van der Waals surface area contributed by atoms with Crippen molar-refractivity contribution < 1.29 is 17.9 Å². The van der Waals surface area contributed by atoms with Gasteiger partial charge in [-0.3, -0.25) is 4.72 Å². The van der Waals surface area contributed by atoms with Gasteiger partial charge in [-0.25, -0.2) is 12.8 Å². The Hall–Kier alpha value is -1.63. The smallest absolute Gasteiger partial charge is 0.261 e. The molecule has 0 aliphatic heterocycles. The summed E-state index contributed by atoms with van der Waals surface area (Å²) in [6.07, 6.45) is 0.